The average Bonchev–Trinajstić information content (AvgIpc) is 3.19. The lowest BCUT2D eigenvalue weighted by atomic mass is 10.1. The number of nitrogens with zero attached hydrogens (tertiary/aromatic N) is 4. The van der Waals surface area contributed by atoms with Crippen molar-refractivity contribution in [3.63, 3.8) is 0 Å². The SMILES string of the molecule is CCc1cccc(-c2cc(Nc3cc(Cl)ccc3C(=O)O)n(-c3nc(C)cnc3C)n2)c1. The molecule has 8 heteroatoms. The van der Waals surface area contributed by atoms with Crippen molar-refractivity contribution in [3.05, 3.63) is 82.3 Å². The standard InChI is InChI=1S/C24H22ClN5O2/c1-4-16-6-5-7-17(10-16)20-12-22(28-21-11-18(25)8-9-19(21)24(31)32)30(29-20)23-15(3)26-13-14(2)27-23/h5-13,28H,4H2,1-3H3,(H,31,32). The molecule has 0 aliphatic rings. The van der Waals surface area contributed by atoms with E-state index < -0.39 is 5.97 Å². The number of benzene rings is 2. The Balaban J connectivity index is 1.89. The Morgan fingerprint density at radius 2 is 1.97 bits per heavy atom. The first kappa shape index (κ1) is 21.5. The van der Waals surface area contributed by atoms with Crippen LogP contribution in [-0.2, 0) is 6.42 Å². The molecule has 0 fully saturated rings. The van der Waals surface area contributed by atoms with E-state index in [4.69, 9.17) is 16.7 Å². The van der Waals surface area contributed by atoms with Crippen molar-refractivity contribution < 1.29 is 9.90 Å². The molecular weight excluding hydrogens is 426 g/mol. The van der Waals surface area contributed by atoms with Gasteiger partial charge in [0.05, 0.1) is 28.3 Å². The number of carboxylic acid groups (broad SMARTS) is 1. The molecule has 4 rings (SSSR count). The van der Waals surface area contributed by atoms with Crippen LogP contribution in [0, 0.1) is 13.8 Å². The Morgan fingerprint density at radius 1 is 1.16 bits per heavy atom. The van der Waals surface area contributed by atoms with Gasteiger partial charge in [-0.25, -0.2) is 9.78 Å². The van der Waals surface area contributed by atoms with Gasteiger partial charge in [0.2, 0.25) is 0 Å². The Hall–Kier alpha value is -3.71. The van der Waals surface area contributed by atoms with Gasteiger partial charge in [0.25, 0.3) is 0 Å². The molecule has 2 heterocycles. The number of hydrogen-bond acceptors (Lipinski definition) is 5. The van der Waals surface area contributed by atoms with Crippen LogP contribution < -0.4 is 5.32 Å². The van der Waals surface area contributed by atoms with E-state index in [1.165, 1.54) is 11.6 Å². The third-order valence-corrected chi connectivity index (χ3v) is 5.30. The van der Waals surface area contributed by atoms with E-state index in [0.717, 1.165) is 23.4 Å². The molecule has 162 valence electrons. The monoisotopic (exact) mass is 447 g/mol. The molecule has 0 radical (unpaired) electrons. The lowest BCUT2D eigenvalue weighted by Crippen LogP contribution is -2.10. The molecule has 32 heavy (non-hydrogen) atoms. The summed E-state index contributed by atoms with van der Waals surface area (Å²) >= 11 is 6.15. The smallest absolute Gasteiger partial charge is 0.337 e. The molecule has 0 aliphatic heterocycles. The highest BCUT2D eigenvalue weighted by Crippen LogP contribution is 2.30. The fraction of sp³-hybridized carbons (Fsp3) is 0.167. The molecule has 0 saturated carbocycles. The highest BCUT2D eigenvalue weighted by molar-refractivity contribution is 6.31. The number of anilines is 2. The fourth-order valence-corrected chi connectivity index (χ4v) is 3.57. The van der Waals surface area contributed by atoms with Gasteiger partial charge in [-0.15, -0.1) is 0 Å². The highest BCUT2D eigenvalue weighted by atomic mass is 35.5. The maximum Gasteiger partial charge on any atom is 0.337 e. The van der Waals surface area contributed by atoms with Gasteiger partial charge in [-0.1, -0.05) is 36.7 Å². The third-order valence-electron chi connectivity index (χ3n) is 5.07. The normalized spacial score (nSPS) is 10.9. The number of aryl methyl sites for hydroxylation is 3. The summed E-state index contributed by atoms with van der Waals surface area (Å²) in [5.41, 5.74) is 4.78. The first-order chi connectivity index (χ1) is 15.4. The summed E-state index contributed by atoms with van der Waals surface area (Å²) in [7, 11) is 0. The summed E-state index contributed by atoms with van der Waals surface area (Å²) < 4.78 is 1.65. The average molecular weight is 448 g/mol. The van der Waals surface area contributed by atoms with Crippen LogP contribution in [0.2, 0.25) is 5.02 Å². The molecule has 0 aliphatic carbocycles. The molecular formula is C24H22ClN5O2. The van der Waals surface area contributed by atoms with Crippen LogP contribution in [0.15, 0.2) is 54.7 Å². The minimum atomic E-state index is -1.06. The van der Waals surface area contributed by atoms with Crippen molar-refractivity contribution in [2.45, 2.75) is 27.2 Å². The molecule has 7 nitrogen and oxygen atoms in total. The van der Waals surface area contributed by atoms with Crippen molar-refractivity contribution in [2.75, 3.05) is 5.32 Å². The van der Waals surface area contributed by atoms with Crippen molar-refractivity contribution in [1.82, 2.24) is 19.7 Å². The van der Waals surface area contributed by atoms with Gasteiger partial charge >= 0.3 is 5.97 Å². The summed E-state index contributed by atoms with van der Waals surface area (Å²) in [6, 6.07) is 14.6. The first-order valence-corrected chi connectivity index (χ1v) is 10.5. The van der Waals surface area contributed by atoms with Gasteiger partial charge < -0.3 is 10.4 Å². The largest absolute Gasteiger partial charge is 0.478 e. The van der Waals surface area contributed by atoms with E-state index >= 15 is 0 Å². The molecule has 0 saturated heterocycles. The quantitative estimate of drug-likeness (QED) is 0.399. The minimum Gasteiger partial charge on any atom is -0.478 e. The number of hydrogen-bond donors (Lipinski definition) is 2. The van der Waals surface area contributed by atoms with Gasteiger partial charge in [-0.2, -0.15) is 9.78 Å². The van der Waals surface area contributed by atoms with Gasteiger partial charge in [-0.05, 0) is 50.1 Å². The van der Waals surface area contributed by atoms with Gasteiger partial charge in [0, 0.05) is 22.8 Å². The van der Waals surface area contributed by atoms with E-state index in [0.29, 0.717) is 28.0 Å². The summed E-state index contributed by atoms with van der Waals surface area (Å²) in [4.78, 5) is 20.8. The number of rotatable bonds is 6. The minimum absolute atomic E-state index is 0.101. The second-order valence-corrected chi connectivity index (χ2v) is 7.86. The van der Waals surface area contributed by atoms with Gasteiger partial charge in [0.15, 0.2) is 5.82 Å². The Morgan fingerprint density at radius 3 is 2.72 bits per heavy atom. The molecule has 4 aromatic rings. The highest BCUT2D eigenvalue weighted by Gasteiger charge is 2.18. The fourth-order valence-electron chi connectivity index (χ4n) is 3.39. The van der Waals surface area contributed by atoms with Gasteiger partial charge in [-0.3, -0.25) is 4.98 Å². The number of aromatic nitrogens is 4. The lowest BCUT2D eigenvalue weighted by Gasteiger charge is -2.13. The molecule has 0 atom stereocenters. The predicted molar refractivity (Wildman–Crippen MR) is 125 cm³/mol. The van der Waals surface area contributed by atoms with Crippen molar-refractivity contribution >= 4 is 29.1 Å². The van der Waals surface area contributed by atoms with Crippen LogP contribution in [0.1, 0.15) is 34.2 Å². The number of nitrogens with one attached hydrogen (secondary N) is 1. The van der Waals surface area contributed by atoms with Crippen molar-refractivity contribution in [2.24, 2.45) is 0 Å². The number of halogens is 1. The van der Waals surface area contributed by atoms with Gasteiger partial charge in [0.1, 0.15) is 5.82 Å². The van der Waals surface area contributed by atoms with Crippen LogP contribution in [0.5, 0.6) is 0 Å². The van der Waals surface area contributed by atoms with E-state index in [2.05, 4.69) is 34.3 Å². The van der Waals surface area contributed by atoms with Crippen LogP contribution in [0.3, 0.4) is 0 Å². The second kappa shape index (κ2) is 8.80. The molecule has 0 amide bonds. The zero-order chi connectivity index (χ0) is 22.8. The third kappa shape index (κ3) is 4.33. The molecule has 0 bridgehead atoms. The number of carboxylic acids is 1. The zero-order valence-electron chi connectivity index (χ0n) is 17.9. The molecule has 2 aromatic heterocycles. The predicted octanol–water partition coefficient (Wildman–Crippen LogP) is 5.60. The van der Waals surface area contributed by atoms with Crippen LogP contribution in [0.4, 0.5) is 11.5 Å². The number of aromatic carboxylic acids is 1. The van der Waals surface area contributed by atoms with Crippen LogP contribution in [0.25, 0.3) is 17.1 Å². The Labute approximate surface area is 190 Å². The summed E-state index contributed by atoms with van der Waals surface area (Å²) in [5, 5.41) is 18.0. The Bertz CT molecular complexity index is 1320. The summed E-state index contributed by atoms with van der Waals surface area (Å²) in [6.07, 6.45) is 2.60. The summed E-state index contributed by atoms with van der Waals surface area (Å²) in [5.74, 6) is 0.0524. The number of carbonyl (C=O) groups is 1. The lowest BCUT2D eigenvalue weighted by molar-refractivity contribution is 0.0698. The van der Waals surface area contributed by atoms with E-state index in [-0.39, 0.29) is 5.56 Å². The first-order valence-electron chi connectivity index (χ1n) is 10.2. The molecule has 2 aromatic carbocycles. The molecule has 0 spiro atoms. The maximum atomic E-state index is 11.7. The Kier molecular flexibility index (Phi) is 5.92. The van der Waals surface area contributed by atoms with Crippen LogP contribution in [-0.4, -0.2) is 30.8 Å². The maximum absolute atomic E-state index is 11.7. The molecule has 0 unspecified atom stereocenters. The second-order valence-electron chi connectivity index (χ2n) is 7.42. The van der Waals surface area contributed by atoms with E-state index in [1.54, 1.807) is 23.0 Å². The summed E-state index contributed by atoms with van der Waals surface area (Å²) in [6.45, 7) is 5.81. The molecule has 2 N–H and O–H groups in total. The topological polar surface area (TPSA) is 92.9 Å². The zero-order valence-corrected chi connectivity index (χ0v) is 18.7. The van der Waals surface area contributed by atoms with E-state index in [1.807, 2.05) is 32.0 Å². The van der Waals surface area contributed by atoms with Crippen LogP contribution >= 0.6 is 11.6 Å². The van der Waals surface area contributed by atoms with E-state index in [9.17, 15) is 9.90 Å². The van der Waals surface area contributed by atoms with Crippen molar-refractivity contribution in [1.29, 1.82) is 0 Å². The van der Waals surface area contributed by atoms with Crippen molar-refractivity contribution in [3.8, 4) is 17.1 Å².